The smallest absolute Gasteiger partial charge is 0.161 e. The van der Waals surface area contributed by atoms with Crippen LogP contribution in [0, 0.1) is 12.0 Å². The van der Waals surface area contributed by atoms with E-state index in [-0.39, 0.29) is 17.6 Å². The summed E-state index contributed by atoms with van der Waals surface area (Å²) in [5.74, 6) is 4.87. The van der Waals surface area contributed by atoms with Crippen LogP contribution in [0.25, 0.3) is 10.8 Å². The molecule has 2 aliphatic heterocycles. The van der Waals surface area contributed by atoms with Gasteiger partial charge in [0, 0.05) is 24.8 Å². The second kappa shape index (κ2) is 16.8. The molecule has 5 heteroatoms. The van der Waals surface area contributed by atoms with E-state index in [1.807, 2.05) is 36.4 Å². The lowest BCUT2D eigenvalue weighted by molar-refractivity contribution is -0.121. The van der Waals surface area contributed by atoms with Crippen molar-refractivity contribution in [3.63, 3.8) is 0 Å². The molecule has 1 N–H and O–H groups in total. The standard InChI is InChI=1S/C41H46O5/c1-3-33-27-39(43)37-17-12-24-45-35(16-11-6-4-5-8-13-30-14-9-7-10-15-30)28-34(42)21-18-31-20-23-40(44-2)41(26-31)46-29-32-19-22-36(37)38(33)25-32/h7,9-10,14-15,19-20,22-23,25-27,35,43H,3-6,8,11,13,16-18,21,28-29H2,1-2H3. The monoisotopic (exact) mass is 618 g/mol. The highest BCUT2D eigenvalue weighted by molar-refractivity contribution is 5.91. The van der Waals surface area contributed by atoms with Crippen molar-refractivity contribution in [2.75, 3.05) is 7.11 Å². The number of fused-ring (bicyclic) bond motifs is 9. The van der Waals surface area contributed by atoms with Crippen molar-refractivity contribution in [1.82, 2.24) is 0 Å². The van der Waals surface area contributed by atoms with E-state index in [4.69, 9.17) is 14.2 Å². The van der Waals surface area contributed by atoms with Crippen molar-refractivity contribution in [3.05, 3.63) is 101 Å². The molecule has 0 aliphatic carbocycles. The molecule has 0 spiro atoms. The number of methoxy groups -OCH3 is 1. The number of unbranched alkanes of at least 4 members (excludes halogenated alkanes) is 4. The van der Waals surface area contributed by atoms with Gasteiger partial charge in [0.15, 0.2) is 11.5 Å². The number of phenolic OH excluding ortho intramolecular Hbond substituents is 1. The van der Waals surface area contributed by atoms with E-state index in [0.717, 1.165) is 65.1 Å². The molecular formula is C41H46O5. The van der Waals surface area contributed by atoms with Crippen molar-refractivity contribution in [2.24, 2.45) is 0 Å². The van der Waals surface area contributed by atoms with Gasteiger partial charge in [-0.3, -0.25) is 4.79 Å². The SMILES string of the molecule is CCc1cc(O)c2c3ccc(cc13)COc1cc(ccc1OC)CCC(=O)CC(CCCCCCCc1ccccc1)OC#CC2. The van der Waals surface area contributed by atoms with Gasteiger partial charge in [0.2, 0.25) is 0 Å². The van der Waals surface area contributed by atoms with Crippen LogP contribution in [0.5, 0.6) is 17.2 Å². The number of benzene rings is 4. The topological polar surface area (TPSA) is 65.0 Å². The predicted molar refractivity (Wildman–Crippen MR) is 184 cm³/mol. The minimum Gasteiger partial charge on any atom is -0.508 e. The zero-order valence-electron chi connectivity index (χ0n) is 27.3. The first-order valence-electron chi connectivity index (χ1n) is 16.8. The average molecular weight is 619 g/mol. The third kappa shape index (κ3) is 9.07. The number of ether oxygens (including phenoxy) is 3. The Morgan fingerprint density at radius 1 is 0.891 bits per heavy atom. The van der Waals surface area contributed by atoms with Crippen LogP contribution in [0.3, 0.4) is 0 Å². The van der Waals surface area contributed by atoms with Crippen LogP contribution in [-0.4, -0.2) is 24.1 Å². The van der Waals surface area contributed by atoms with Crippen LogP contribution in [0.15, 0.2) is 72.8 Å². The molecule has 4 aromatic carbocycles. The number of hydrogen-bond donors (Lipinski definition) is 1. The highest BCUT2D eigenvalue weighted by Crippen LogP contribution is 2.34. The average Bonchev–Trinajstić information content (AvgIpc) is 3.08. The summed E-state index contributed by atoms with van der Waals surface area (Å²) in [6, 6.07) is 24.6. The van der Waals surface area contributed by atoms with E-state index >= 15 is 0 Å². The van der Waals surface area contributed by atoms with E-state index in [1.165, 1.54) is 24.8 Å². The maximum Gasteiger partial charge on any atom is 0.161 e. The zero-order chi connectivity index (χ0) is 32.1. The van der Waals surface area contributed by atoms with Gasteiger partial charge in [-0.15, -0.1) is 0 Å². The number of aryl methyl sites for hydroxylation is 3. The van der Waals surface area contributed by atoms with Crippen LogP contribution in [-0.2, 0) is 41.8 Å². The van der Waals surface area contributed by atoms with Gasteiger partial charge in [0.05, 0.1) is 7.11 Å². The summed E-state index contributed by atoms with van der Waals surface area (Å²) >= 11 is 0. The van der Waals surface area contributed by atoms with E-state index in [2.05, 4.69) is 55.3 Å². The Balaban J connectivity index is 1.31. The Labute approximate surface area is 273 Å². The molecule has 6 bridgehead atoms. The van der Waals surface area contributed by atoms with Crippen LogP contribution < -0.4 is 9.47 Å². The number of carbonyl (C=O) groups is 1. The summed E-state index contributed by atoms with van der Waals surface area (Å²) in [4.78, 5) is 13.1. The quantitative estimate of drug-likeness (QED) is 0.142. The molecule has 0 aromatic heterocycles. The third-order valence-corrected chi connectivity index (χ3v) is 8.92. The molecule has 4 aromatic rings. The summed E-state index contributed by atoms with van der Waals surface area (Å²) in [5, 5.41) is 13.0. The molecule has 5 nitrogen and oxygen atoms in total. The fourth-order valence-corrected chi connectivity index (χ4v) is 6.27. The fraction of sp³-hybridized carbons (Fsp3) is 0.390. The number of ketones is 1. The molecule has 0 saturated heterocycles. The molecule has 1 atom stereocenters. The maximum atomic E-state index is 13.1. The van der Waals surface area contributed by atoms with Crippen LogP contribution >= 0.6 is 0 Å². The van der Waals surface area contributed by atoms with Crippen molar-refractivity contribution in [1.29, 1.82) is 0 Å². The van der Waals surface area contributed by atoms with Crippen molar-refractivity contribution in [3.8, 4) is 29.3 Å². The van der Waals surface area contributed by atoms with E-state index in [9.17, 15) is 9.90 Å². The Morgan fingerprint density at radius 3 is 2.52 bits per heavy atom. The van der Waals surface area contributed by atoms with Gasteiger partial charge < -0.3 is 19.3 Å². The summed E-state index contributed by atoms with van der Waals surface area (Å²) < 4.78 is 17.9. The molecule has 2 heterocycles. The van der Waals surface area contributed by atoms with E-state index in [0.29, 0.717) is 43.8 Å². The van der Waals surface area contributed by atoms with Crippen LogP contribution in [0.4, 0.5) is 0 Å². The predicted octanol–water partition coefficient (Wildman–Crippen LogP) is 9.07. The summed E-state index contributed by atoms with van der Waals surface area (Å²) in [7, 11) is 1.64. The first-order chi connectivity index (χ1) is 22.5. The summed E-state index contributed by atoms with van der Waals surface area (Å²) in [5.41, 5.74) is 5.30. The molecule has 0 saturated carbocycles. The number of carbonyl (C=O) groups excluding carboxylic acids is 1. The van der Waals surface area contributed by atoms with Crippen molar-refractivity contribution >= 4 is 16.6 Å². The molecule has 0 fully saturated rings. The Kier molecular flexibility index (Phi) is 12.0. The molecule has 0 radical (unpaired) electrons. The van der Waals surface area contributed by atoms with Gasteiger partial charge in [-0.2, -0.15) is 0 Å². The summed E-state index contributed by atoms with van der Waals surface area (Å²) in [6.07, 6.45) is 12.8. The Hall–Kier alpha value is -4.43. The zero-order valence-corrected chi connectivity index (χ0v) is 27.3. The van der Waals surface area contributed by atoms with Gasteiger partial charge in [-0.25, -0.2) is 0 Å². The normalized spacial score (nSPS) is 15.3. The second-order valence-corrected chi connectivity index (χ2v) is 12.3. The molecule has 0 amide bonds. The molecular weight excluding hydrogens is 572 g/mol. The Bertz CT molecular complexity index is 1660. The van der Waals surface area contributed by atoms with E-state index in [1.54, 1.807) is 7.11 Å². The molecule has 240 valence electrons. The lowest BCUT2D eigenvalue weighted by Gasteiger charge is -2.15. The first kappa shape index (κ1) is 32.9. The molecule has 1 unspecified atom stereocenters. The van der Waals surface area contributed by atoms with Gasteiger partial charge >= 0.3 is 0 Å². The number of phenols is 1. The maximum absolute atomic E-state index is 13.1. The molecule has 2 aliphatic rings. The minimum absolute atomic E-state index is 0.165. The van der Waals surface area contributed by atoms with E-state index < -0.39 is 0 Å². The lowest BCUT2D eigenvalue weighted by Crippen LogP contribution is -2.16. The second-order valence-electron chi connectivity index (χ2n) is 12.3. The number of hydrogen-bond acceptors (Lipinski definition) is 5. The van der Waals surface area contributed by atoms with Crippen LogP contribution in [0.2, 0.25) is 0 Å². The number of Topliss-reactive ketones (excluding diaryl/α,β-unsaturated/α-hetero) is 1. The fourth-order valence-electron chi connectivity index (χ4n) is 6.27. The van der Waals surface area contributed by atoms with Crippen LogP contribution in [0.1, 0.15) is 86.1 Å². The molecule has 46 heavy (non-hydrogen) atoms. The number of rotatable bonds is 10. The van der Waals surface area contributed by atoms with Gasteiger partial charge in [0.1, 0.15) is 30.4 Å². The largest absolute Gasteiger partial charge is 0.508 e. The van der Waals surface area contributed by atoms with Crippen molar-refractivity contribution in [2.45, 2.75) is 96.7 Å². The third-order valence-electron chi connectivity index (χ3n) is 8.92. The highest BCUT2D eigenvalue weighted by Gasteiger charge is 2.17. The Morgan fingerprint density at radius 2 is 1.70 bits per heavy atom. The van der Waals surface area contributed by atoms with Gasteiger partial charge in [-0.05, 0) is 95.8 Å². The summed E-state index contributed by atoms with van der Waals surface area (Å²) in [6.45, 7) is 2.46. The lowest BCUT2D eigenvalue weighted by atomic mass is 9.94. The minimum atomic E-state index is -0.253. The highest BCUT2D eigenvalue weighted by atomic mass is 16.5. The van der Waals surface area contributed by atoms with Gasteiger partial charge in [-0.1, -0.05) is 80.6 Å². The van der Waals surface area contributed by atoms with Crippen molar-refractivity contribution < 1.29 is 24.1 Å². The van der Waals surface area contributed by atoms with Gasteiger partial charge in [0.25, 0.3) is 0 Å². The molecule has 6 rings (SSSR count). The first-order valence-corrected chi connectivity index (χ1v) is 16.8. The number of aromatic hydroxyl groups is 1.